The lowest BCUT2D eigenvalue weighted by molar-refractivity contribution is -0.139. The maximum Gasteiger partial charge on any atom is 0.320 e. The molecule has 0 bridgehead atoms. The molecule has 1 aromatic carbocycles. The minimum atomic E-state index is -0.833. The van der Waals surface area contributed by atoms with Crippen molar-refractivity contribution in [3.8, 4) is 5.69 Å². The van der Waals surface area contributed by atoms with E-state index in [0.29, 0.717) is 17.4 Å². The third-order valence-electron chi connectivity index (χ3n) is 4.64. The molecule has 9 heteroatoms. The number of aliphatic carboxylic acids is 1. The highest BCUT2D eigenvalue weighted by molar-refractivity contribution is 6.32. The average Bonchev–Trinajstić information content (AvgIpc) is 3.04. The van der Waals surface area contributed by atoms with E-state index in [9.17, 15) is 9.59 Å². The second-order valence-electron chi connectivity index (χ2n) is 6.47. The van der Waals surface area contributed by atoms with E-state index in [2.05, 4.69) is 15.7 Å². The summed E-state index contributed by atoms with van der Waals surface area (Å²) in [5, 5.41) is 19.4. The molecule has 0 aliphatic heterocycles. The Morgan fingerprint density at radius 3 is 2.74 bits per heavy atom. The van der Waals surface area contributed by atoms with Gasteiger partial charge in [0.15, 0.2) is 5.82 Å². The standard InChI is InChI=1S/C18H22ClN5O3/c1-2-23(11-17(25)26)13-9-12(10-13)20-18(27)21-16-7-8-24(22-16)15-6-4-3-5-14(15)19/h3-8,12-13H,2,9-11H2,1H3,(H,25,26)(H2,20,21,22,27). The Hall–Kier alpha value is -2.58. The predicted molar refractivity (Wildman–Crippen MR) is 102 cm³/mol. The number of benzene rings is 1. The van der Waals surface area contributed by atoms with Gasteiger partial charge in [0.2, 0.25) is 0 Å². The summed E-state index contributed by atoms with van der Waals surface area (Å²) in [7, 11) is 0. The smallest absolute Gasteiger partial charge is 0.320 e. The van der Waals surface area contributed by atoms with Crippen LogP contribution in [0.4, 0.5) is 10.6 Å². The lowest BCUT2D eigenvalue weighted by Crippen LogP contribution is -2.55. The van der Waals surface area contributed by atoms with E-state index in [1.165, 1.54) is 0 Å². The number of nitrogens with one attached hydrogen (secondary N) is 2. The number of amides is 2. The molecule has 1 saturated carbocycles. The monoisotopic (exact) mass is 391 g/mol. The first-order chi connectivity index (χ1) is 13.0. The van der Waals surface area contributed by atoms with E-state index in [-0.39, 0.29) is 24.7 Å². The van der Waals surface area contributed by atoms with Crippen molar-refractivity contribution in [2.75, 3.05) is 18.4 Å². The Labute approximate surface area is 162 Å². The lowest BCUT2D eigenvalue weighted by Gasteiger charge is -2.42. The minimum absolute atomic E-state index is 0.0273. The zero-order valence-electron chi connectivity index (χ0n) is 14.9. The summed E-state index contributed by atoms with van der Waals surface area (Å²) in [5.74, 6) is -0.413. The average molecular weight is 392 g/mol. The fraction of sp³-hybridized carbons (Fsp3) is 0.389. The molecule has 3 N–H and O–H groups in total. The van der Waals surface area contributed by atoms with Crippen molar-refractivity contribution in [1.29, 1.82) is 0 Å². The van der Waals surface area contributed by atoms with Crippen LogP contribution < -0.4 is 10.6 Å². The molecular formula is C18H22ClN5O3. The van der Waals surface area contributed by atoms with Gasteiger partial charge in [-0.15, -0.1) is 5.10 Å². The zero-order chi connectivity index (χ0) is 19.4. The van der Waals surface area contributed by atoms with Gasteiger partial charge in [-0.3, -0.25) is 15.0 Å². The highest BCUT2D eigenvalue weighted by Crippen LogP contribution is 2.25. The second-order valence-corrected chi connectivity index (χ2v) is 6.88. The number of rotatable bonds is 7. The van der Waals surface area contributed by atoms with Crippen LogP contribution in [-0.4, -0.2) is 57.0 Å². The number of para-hydroxylation sites is 1. The number of likely N-dealkylation sites (N-methyl/N-ethyl adjacent to an activating group) is 1. The molecule has 144 valence electrons. The molecule has 0 radical (unpaired) electrons. The molecule has 2 aromatic rings. The van der Waals surface area contributed by atoms with Crippen LogP contribution in [0.3, 0.4) is 0 Å². The van der Waals surface area contributed by atoms with E-state index in [0.717, 1.165) is 18.5 Å². The van der Waals surface area contributed by atoms with E-state index in [4.69, 9.17) is 16.7 Å². The molecule has 1 aromatic heterocycles. The highest BCUT2D eigenvalue weighted by atomic mass is 35.5. The molecule has 1 aliphatic rings. The molecule has 0 spiro atoms. The first-order valence-corrected chi connectivity index (χ1v) is 9.18. The van der Waals surface area contributed by atoms with E-state index >= 15 is 0 Å². The molecular weight excluding hydrogens is 370 g/mol. The van der Waals surface area contributed by atoms with Gasteiger partial charge in [-0.25, -0.2) is 9.48 Å². The summed E-state index contributed by atoms with van der Waals surface area (Å²) in [6.45, 7) is 2.64. The maximum atomic E-state index is 12.1. The number of hydrogen-bond acceptors (Lipinski definition) is 4. The fourth-order valence-electron chi connectivity index (χ4n) is 3.18. The third-order valence-corrected chi connectivity index (χ3v) is 4.96. The van der Waals surface area contributed by atoms with Gasteiger partial charge in [-0.05, 0) is 31.5 Å². The van der Waals surface area contributed by atoms with Gasteiger partial charge in [-0.2, -0.15) is 0 Å². The number of carbonyl (C=O) groups is 2. The van der Waals surface area contributed by atoms with Crippen LogP contribution in [-0.2, 0) is 4.79 Å². The zero-order valence-corrected chi connectivity index (χ0v) is 15.7. The third kappa shape index (κ3) is 4.78. The molecule has 0 saturated heterocycles. The molecule has 2 amide bonds. The predicted octanol–water partition coefficient (Wildman–Crippen LogP) is 2.58. The molecule has 27 heavy (non-hydrogen) atoms. The van der Waals surface area contributed by atoms with Gasteiger partial charge < -0.3 is 10.4 Å². The second kappa shape index (κ2) is 8.41. The van der Waals surface area contributed by atoms with Crippen LogP contribution >= 0.6 is 11.6 Å². The number of halogens is 1. The Bertz CT molecular complexity index is 819. The summed E-state index contributed by atoms with van der Waals surface area (Å²) in [5.41, 5.74) is 0.729. The molecule has 1 heterocycles. The van der Waals surface area contributed by atoms with Crippen LogP contribution in [0.2, 0.25) is 5.02 Å². The summed E-state index contributed by atoms with van der Waals surface area (Å²) in [4.78, 5) is 24.9. The van der Waals surface area contributed by atoms with Gasteiger partial charge in [0, 0.05) is 24.3 Å². The van der Waals surface area contributed by atoms with Crippen molar-refractivity contribution in [1.82, 2.24) is 20.0 Å². The Morgan fingerprint density at radius 1 is 1.33 bits per heavy atom. The SMILES string of the molecule is CCN(CC(=O)O)C1CC(NC(=O)Nc2ccn(-c3ccccc3Cl)n2)C1. The Balaban J connectivity index is 1.49. The topological polar surface area (TPSA) is 99.5 Å². The van der Waals surface area contributed by atoms with Crippen molar-refractivity contribution < 1.29 is 14.7 Å². The van der Waals surface area contributed by atoms with Crippen LogP contribution in [0.25, 0.3) is 5.69 Å². The summed E-state index contributed by atoms with van der Waals surface area (Å²) in [6, 6.07) is 8.89. The van der Waals surface area contributed by atoms with Gasteiger partial charge in [-0.1, -0.05) is 30.7 Å². The number of carboxylic acids is 1. The number of aromatic nitrogens is 2. The lowest BCUT2D eigenvalue weighted by atomic mass is 9.85. The molecule has 3 rings (SSSR count). The van der Waals surface area contributed by atoms with Crippen molar-refractivity contribution in [3.05, 3.63) is 41.6 Å². The largest absolute Gasteiger partial charge is 0.480 e. The first-order valence-electron chi connectivity index (χ1n) is 8.80. The quantitative estimate of drug-likeness (QED) is 0.673. The molecule has 0 unspecified atom stereocenters. The number of nitrogens with zero attached hydrogens (tertiary/aromatic N) is 3. The van der Waals surface area contributed by atoms with Gasteiger partial charge in [0.05, 0.1) is 17.3 Å². The van der Waals surface area contributed by atoms with Crippen LogP contribution in [0.5, 0.6) is 0 Å². The molecule has 1 fully saturated rings. The van der Waals surface area contributed by atoms with E-state index in [1.54, 1.807) is 23.0 Å². The number of carboxylic acid groups (broad SMARTS) is 1. The summed E-state index contributed by atoms with van der Waals surface area (Å²) < 4.78 is 1.60. The Kier molecular flexibility index (Phi) is 5.98. The first kappa shape index (κ1) is 19.2. The number of urea groups is 1. The van der Waals surface area contributed by atoms with Gasteiger partial charge >= 0.3 is 12.0 Å². The van der Waals surface area contributed by atoms with E-state index in [1.807, 2.05) is 30.0 Å². The van der Waals surface area contributed by atoms with Crippen LogP contribution in [0.15, 0.2) is 36.5 Å². The number of hydrogen-bond donors (Lipinski definition) is 3. The molecule has 1 aliphatic carbocycles. The molecule has 0 atom stereocenters. The van der Waals surface area contributed by atoms with Crippen LogP contribution in [0.1, 0.15) is 19.8 Å². The fourth-order valence-corrected chi connectivity index (χ4v) is 3.40. The van der Waals surface area contributed by atoms with E-state index < -0.39 is 5.97 Å². The highest BCUT2D eigenvalue weighted by Gasteiger charge is 2.34. The maximum absolute atomic E-state index is 12.1. The van der Waals surface area contributed by atoms with Crippen molar-refractivity contribution in [2.45, 2.75) is 31.8 Å². The van der Waals surface area contributed by atoms with Gasteiger partial charge in [0.25, 0.3) is 0 Å². The Morgan fingerprint density at radius 2 is 2.07 bits per heavy atom. The van der Waals surface area contributed by atoms with Gasteiger partial charge in [0.1, 0.15) is 0 Å². The van der Waals surface area contributed by atoms with Crippen molar-refractivity contribution >= 4 is 29.4 Å². The molecule has 8 nitrogen and oxygen atoms in total. The van der Waals surface area contributed by atoms with Crippen molar-refractivity contribution in [2.24, 2.45) is 0 Å². The normalized spacial score (nSPS) is 18.8. The number of carbonyl (C=O) groups excluding carboxylic acids is 1. The summed E-state index contributed by atoms with van der Waals surface area (Å²) in [6.07, 6.45) is 3.20. The minimum Gasteiger partial charge on any atom is -0.480 e. The number of anilines is 1. The summed E-state index contributed by atoms with van der Waals surface area (Å²) >= 11 is 6.15. The van der Waals surface area contributed by atoms with Crippen LogP contribution in [0, 0.1) is 0 Å². The van der Waals surface area contributed by atoms with Crippen molar-refractivity contribution in [3.63, 3.8) is 0 Å².